The second kappa shape index (κ2) is 9.29. The molecule has 2 aromatic carbocycles. The van der Waals surface area contributed by atoms with Gasteiger partial charge in [0.1, 0.15) is 0 Å². The molecular formula is C20H22F2N2O5S. The summed E-state index contributed by atoms with van der Waals surface area (Å²) in [5.41, 5.74) is 1.63. The zero-order valence-electron chi connectivity index (χ0n) is 16.3. The number of hydrogen-bond donors (Lipinski definition) is 1. The van der Waals surface area contributed by atoms with Crippen LogP contribution in [0.3, 0.4) is 0 Å². The number of anilines is 1. The zero-order valence-corrected chi connectivity index (χ0v) is 17.1. The van der Waals surface area contributed by atoms with E-state index >= 15 is 0 Å². The summed E-state index contributed by atoms with van der Waals surface area (Å²) in [5, 5.41) is 2.75. The smallest absolute Gasteiger partial charge is 0.387 e. The number of amides is 1. The Morgan fingerprint density at radius 2 is 1.90 bits per heavy atom. The lowest BCUT2D eigenvalue weighted by Gasteiger charge is -2.17. The maximum absolute atomic E-state index is 12.5. The fourth-order valence-corrected chi connectivity index (χ4v) is 4.76. The number of carbonyl (C=O) groups excluding carboxylic acids is 1. The van der Waals surface area contributed by atoms with Crippen molar-refractivity contribution >= 4 is 21.6 Å². The summed E-state index contributed by atoms with van der Waals surface area (Å²) in [4.78, 5) is 12.3. The number of nitrogens with one attached hydrogen (secondary N) is 1. The Morgan fingerprint density at radius 3 is 2.50 bits per heavy atom. The van der Waals surface area contributed by atoms with Crippen molar-refractivity contribution in [3.8, 4) is 11.5 Å². The number of carbonyl (C=O) groups is 1. The molecule has 0 aromatic heterocycles. The summed E-state index contributed by atoms with van der Waals surface area (Å²) >= 11 is 0. The molecule has 0 atom stereocenters. The summed E-state index contributed by atoms with van der Waals surface area (Å²) in [5.74, 6) is -0.0552. The SMILES string of the molecule is COc1ccc(CCNC(=O)c2ccc(N3CCCS3(=O)=O)cc2)cc1OC(F)F. The van der Waals surface area contributed by atoms with Crippen LogP contribution in [0.25, 0.3) is 0 Å². The second-order valence-corrected chi connectivity index (χ2v) is 8.67. The number of ether oxygens (including phenoxy) is 2. The monoisotopic (exact) mass is 440 g/mol. The fourth-order valence-electron chi connectivity index (χ4n) is 3.20. The van der Waals surface area contributed by atoms with E-state index in [1.165, 1.54) is 23.5 Å². The van der Waals surface area contributed by atoms with E-state index in [-0.39, 0.29) is 29.7 Å². The number of methoxy groups -OCH3 is 1. The molecule has 1 amide bonds. The van der Waals surface area contributed by atoms with E-state index < -0.39 is 16.6 Å². The number of nitrogens with zero attached hydrogens (tertiary/aromatic N) is 1. The number of hydrogen-bond acceptors (Lipinski definition) is 5. The molecule has 1 aliphatic rings. The average molecular weight is 440 g/mol. The van der Waals surface area contributed by atoms with Gasteiger partial charge < -0.3 is 14.8 Å². The lowest BCUT2D eigenvalue weighted by atomic mass is 10.1. The number of alkyl halides is 2. The van der Waals surface area contributed by atoms with Gasteiger partial charge in [-0.05, 0) is 54.8 Å². The molecule has 1 saturated heterocycles. The van der Waals surface area contributed by atoms with Crippen molar-refractivity contribution in [2.75, 3.05) is 30.3 Å². The van der Waals surface area contributed by atoms with Crippen molar-refractivity contribution < 1.29 is 31.5 Å². The minimum atomic E-state index is -3.27. The molecule has 0 aliphatic carbocycles. The third-order valence-corrected chi connectivity index (χ3v) is 6.53. The van der Waals surface area contributed by atoms with Gasteiger partial charge in [-0.1, -0.05) is 6.07 Å². The van der Waals surface area contributed by atoms with Gasteiger partial charge in [0.05, 0.1) is 18.6 Å². The van der Waals surface area contributed by atoms with Crippen molar-refractivity contribution in [2.45, 2.75) is 19.5 Å². The van der Waals surface area contributed by atoms with Gasteiger partial charge in [-0.25, -0.2) is 8.42 Å². The Labute approximate surface area is 173 Å². The van der Waals surface area contributed by atoms with Crippen LogP contribution in [0.1, 0.15) is 22.3 Å². The lowest BCUT2D eigenvalue weighted by molar-refractivity contribution is -0.0512. The van der Waals surface area contributed by atoms with Gasteiger partial charge in [0.2, 0.25) is 10.0 Å². The quantitative estimate of drug-likeness (QED) is 0.682. The molecule has 1 aliphatic heterocycles. The third kappa shape index (κ3) is 5.18. The standard InChI is InChI=1S/C20H22F2N2O5S/c1-28-17-8-3-14(13-18(17)29-20(21)22)9-10-23-19(25)15-4-6-16(7-5-15)24-11-2-12-30(24,26)27/h3-8,13,20H,2,9-12H2,1H3,(H,23,25). The van der Waals surface area contributed by atoms with Crippen molar-refractivity contribution in [1.82, 2.24) is 5.32 Å². The van der Waals surface area contributed by atoms with Gasteiger partial charge in [-0.2, -0.15) is 8.78 Å². The van der Waals surface area contributed by atoms with E-state index in [9.17, 15) is 22.0 Å². The van der Waals surface area contributed by atoms with Crippen LogP contribution in [0.2, 0.25) is 0 Å². The Hall–Kier alpha value is -2.88. The van der Waals surface area contributed by atoms with Gasteiger partial charge in [-0.3, -0.25) is 9.10 Å². The van der Waals surface area contributed by atoms with E-state index in [1.807, 2.05) is 0 Å². The Kier molecular flexibility index (Phi) is 6.76. The van der Waals surface area contributed by atoms with Crippen LogP contribution in [0.15, 0.2) is 42.5 Å². The molecule has 0 unspecified atom stereocenters. The highest BCUT2D eigenvalue weighted by atomic mass is 32.2. The Morgan fingerprint density at radius 1 is 1.17 bits per heavy atom. The molecule has 2 aromatic rings. The first-order valence-corrected chi connectivity index (χ1v) is 10.9. The largest absolute Gasteiger partial charge is 0.493 e. The summed E-state index contributed by atoms with van der Waals surface area (Å²) in [6, 6.07) is 11.0. The molecule has 3 rings (SSSR count). The number of benzene rings is 2. The average Bonchev–Trinajstić information content (AvgIpc) is 3.07. The van der Waals surface area contributed by atoms with Crippen LogP contribution in [0.4, 0.5) is 14.5 Å². The highest BCUT2D eigenvalue weighted by molar-refractivity contribution is 7.93. The van der Waals surface area contributed by atoms with Gasteiger partial charge in [0.25, 0.3) is 5.91 Å². The molecule has 0 saturated carbocycles. The number of halogens is 2. The Balaban J connectivity index is 1.57. The summed E-state index contributed by atoms with van der Waals surface area (Å²) < 4.78 is 59.7. The first kappa shape index (κ1) is 21.8. The van der Waals surface area contributed by atoms with Crippen LogP contribution >= 0.6 is 0 Å². The number of sulfonamides is 1. The van der Waals surface area contributed by atoms with E-state index in [4.69, 9.17) is 4.74 Å². The minimum absolute atomic E-state index is 0.0659. The molecule has 10 heteroatoms. The van der Waals surface area contributed by atoms with Crippen LogP contribution < -0.4 is 19.1 Å². The first-order valence-electron chi connectivity index (χ1n) is 9.30. The van der Waals surface area contributed by atoms with E-state index in [0.717, 1.165) is 0 Å². The lowest BCUT2D eigenvalue weighted by Crippen LogP contribution is -2.27. The van der Waals surface area contributed by atoms with Crippen LogP contribution in [-0.4, -0.2) is 46.9 Å². The number of rotatable bonds is 8. The second-order valence-electron chi connectivity index (χ2n) is 6.66. The highest BCUT2D eigenvalue weighted by Gasteiger charge is 2.28. The third-order valence-electron chi connectivity index (χ3n) is 4.66. The minimum Gasteiger partial charge on any atom is -0.493 e. The van der Waals surface area contributed by atoms with Crippen molar-refractivity contribution in [1.29, 1.82) is 0 Å². The maximum atomic E-state index is 12.5. The van der Waals surface area contributed by atoms with E-state index in [1.54, 1.807) is 30.3 Å². The molecule has 1 fully saturated rings. The summed E-state index contributed by atoms with van der Waals surface area (Å²) in [7, 11) is -1.91. The maximum Gasteiger partial charge on any atom is 0.387 e. The molecule has 0 radical (unpaired) electrons. The van der Waals surface area contributed by atoms with Crippen molar-refractivity contribution in [3.05, 3.63) is 53.6 Å². The molecule has 1 heterocycles. The van der Waals surface area contributed by atoms with Crippen molar-refractivity contribution in [2.24, 2.45) is 0 Å². The molecule has 7 nitrogen and oxygen atoms in total. The highest BCUT2D eigenvalue weighted by Crippen LogP contribution is 2.29. The first-order chi connectivity index (χ1) is 14.3. The topological polar surface area (TPSA) is 84.9 Å². The van der Waals surface area contributed by atoms with Crippen LogP contribution in [0.5, 0.6) is 11.5 Å². The molecular weight excluding hydrogens is 418 g/mol. The van der Waals surface area contributed by atoms with E-state index in [0.29, 0.717) is 36.2 Å². The summed E-state index contributed by atoms with van der Waals surface area (Å²) in [6.07, 6.45) is 0.986. The van der Waals surface area contributed by atoms with E-state index in [2.05, 4.69) is 10.1 Å². The molecule has 162 valence electrons. The predicted octanol–water partition coefficient (Wildman–Crippen LogP) is 2.81. The predicted molar refractivity (Wildman–Crippen MR) is 108 cm³/mol. The van der Waals surface area contributed by atoms with Crippen LogP contribution in [0, 0.1) is 0 Å². The summed E-state index contributed by atoms with van der Waals surface area (Å²) in [6.45, 7) is -2.25. The fraction of sp³-hybridized carbons (Fsp3) is 0.350. The van der Waals surface area contributed by atoms with Gasteiger partial charge >= 0.3 is 6.61 Å². The van der Waals surface area contributed by atoms with Gasteiger partial charge in [0.15, 0.2) is 11.5 Å². The van der Waals surface area contributed by atoms with Crippen molar-refractivity contribution in [3.63, 3.8) is 0 Å². The molecule has 0 spiro atoms. The normalized spacial score (nSPS) is 15.3. The Bertz CT molecular complexity index is 997. The molecule has 30 heavy (non-hydrogen) atoms. The zero-order chi connectivity index (χ0) is 21.7. The van der Waals surface area contributed by atoms with Gasteiger partial charge in [-0.15, -0.1) is 0 Å². The van der Waals surface area contributed by atoms with Crippen LogP contribution in [-0.2, 0) is 16.4 Å². The van der Waals surface area contributed by atoms with Gasteiger partial charge in [0, 0.05) is 18.7 Å². The molecule has 1 N–H and O–H groups in total. The molecule has 0 bridgehead atoms.